The summed E-state index contributed by atoms with van der Waals surface area (Å²) in [4.78, 5) is 4.42. The minimum atomic E-state index is 0.194. The van der Waals surface area contributed by atoms with Crippen LogP contribution in [0, 0.1) is 5.41 Å². The van der Waals surface area contributed by atoms with Crippen LogP contribution in [-0.4, -0.2) is 12.4 Å². The highest BCUT2D eigenvalue weighted by molar-refractivity contribution is 8.03. The van der Waals surface area contributed by atoms with Crippen molar-refractivity contribution < 1.29 is 0 Å². The summed E-state index contributed by atoms with van der Waals surface area (Å²) in [6.07, 6.45) is 4.21. The van der Waals surface area contributed by atoms with E-state index < -0.39 is 0 Å². The van der Waals surface area contributed by atoms with Crippen LogP contribution in [0.25, 0.3) is 0 Å². The van der Waals surface area contributed by atoms with Crippen molar-refractivity contribution >= 4 is 23.3 Å². The highest BCUT2D eigenvalue weighted by Crippen LogP contribution is 2.43. The second kappa shape index (κ2) is 5.80. The van der Waals surface area contributed by atoms with Gasteiger partial charge in [0.15, 0.2) is 0 Å². The standard InChI is InChI=1S/C15H17N3S/c1-3-11-13(4-2)19-14-8-6-5-7-12(14)18(11)10-9-15(16)17/h3-8H,1-2,9-10H2,(H3,16,17). The lowest BCUT2D eigenvalue weighted by atomic mass is 10.2. The molecule has 0 aliphatic carbocycles. The summed E-state index contributed by atoms with van der Waals surface area (Å²) >= 11 is 1.69. The Balaban J connectivity index is 2.44. The van der Waals surface area contributed by atoms with Crippen molar-refractivity contribution in [3.63, 3.8) is 0 Å². The molecule has 0 fully saturated rings. The van der Waals surface area contributed by atoms with E-state index in [1.165, 1.54) is 4.90 Å². The molecule has 2 rings (SSSR count). The molecule has 0 amide bonds. The molecule has 0 saturated heterocycles. The predicted molar refractivity (Wildman–Crippen MR) is 83.6 cm³/mol. The number of hydrogen-bond donors (Lipinski definition) is 2. The van der Waals surface area contributed by atoms with Gasteiger partial charge in [-0.15, -0.1) is 0 Å². The smallest absolute Gasteiger partial charge is 0.0923 e. The van der Waals surface area contributed by atoms with E-state index in [0.717, 1.165) is 16.3 Å². The molecule has 0 bridgehead atoms. The summed E-state index contributed by atoms with van der Waals surface area (Å²) < 4.78 is 0. The minimum Gasteiger partial charge on any atom is -0.388 e. The van der Waals surface area contributed by atoms with Crippen LogP contribution < -0.4 is 10.6 Å². The van der Waals surface area contributed by atoms with Gasteiger partial charge in [-0.3, -0.25) is 5.41 Å². The van der Waals surface area contributed by atoms with Crippen molar-refractivity contribution in [1.82, 2.24) is 0 Å². The lowest BCUT2D eigenvalue weighted by Gasteiger charge is -2.33. The normalized spacial score (nSPS) is 14.0. The second-order valence-corrected chi connectivity index (χ2v) is 5.24. The fourth-order valence-electron chi connectivity index (χ4n) is 2.03. The van der Waals surface area contributed by atoms with E-state index in [-0.39, 0.29) is 5.84 Å². The molecule has 3 N–H and O–H groups in total. The van der Waals surface area contributed by atoms with Gasteiger partial charge in [-0.25, -0.2) is 0 Å². The highest BCUT2D eigenvalue weighted by atomic mass is 32.2. The first kappa shape index (κ1) is 13.5. The van der Waals surface area contributed by atoms with E-state index in [0.29, 0.717) is 13.0 Å². The maximum atomic E-state index is 7.40. The van der Waals surface area contributed by atoms with Crippen molar-refractivity contribution in [3.05, 3.63) is 60.2 Å². The van der Waals surface area contributed by atoms with Crippen molar-refractivity contribution in [3.8, 4) is 0 Å². The van der Waals surface area contributed by atoms with Crippen LogP contribution in [0.2, 0.25) is 0 Å². The number of nitrogens with zero attached hydrogens (tertiary/aromatic N) is 1. The van der Waals surface area contributed by atoms with E-state index >= 15 is 0 Å². The number of thioether (sulfide) groups is 1. The number of rotatable bonds is 5. The summed E-state index contributed by atoms with van der Waals surface area (Å²) in [6, 6.07) is 8.20. The first-order valence-corrected chi connectivity index (χ1v) is 6.85. The van der Waals surface area contributed by atoms with Gasteiger partial charge in [-0.1, -0.05) is 43.1 Å². The molecule has 0 radical (unpaired) electrons. The van der Waals surface area contributed by atoms with Gasteiger partial charge < -0.3 is 10.6 Å². The Morgan fingerprint density at radius 3 is 2.68 bits per heavy atom. The molecule has 19 heavy (non-hydrogen) atoms. The number of nitrogens with one attached hydrogen (secondary N) is 1. The van der Waals surface area contributed by atoms with Gasteiger partial charge in [0, 0.05) is 22.8 Å². The van der Waals surface area contributed by atoms with E-state index in [9.17, 15) is 0 Å². The van der Waals surface area contributed by atoms with Gasteiger partial charge in [-0.05, 0) is 18.2 Å². The molecule has 1 heterocycles. The summed E-state index contributed by atoms with van der Waals surface area (Å²) in [5.41, 5.74) is 7.63. The Hall–Kier alpha value is -1.94. The average molecular weight is 271 g/mol. The SMILES string of the molecule is C=CC1=C(C=C)N(CCC(=N)N)c2ccccc2S1. The number of benzene rings is 1. The molecule has 98 valence electrons. The summed E-state index contributed by atoms with van der Waals surface area (Å²) in [6.45, 7) is 8.42. The highest BCUT2D eigenvalue weighted by Gasteiger charge is 2.22. The van der Waals surface area contributed by atoms with Crippen LogP contribution in [0.15, 0.2) is 65.1 Å². The zero-order valence-corrected chi connectivity index (χ0v) is 11.5. The number of para-hydroxylation sites is 1. The molecule has 1 aromatic rings. The second-order valence-electron chi connectivity index (χ2n) is 4.15. The van der Waals surface area contributed by atoms with Gasteiger partial charge in [-0.2, -0.15) is 0 Å². The van der Waals surface area contributed by atoms with Crippen molar-refractivity contribution in [2.45, 2.75) is 11.3 Å². The number of nitrogens with two attached hydrogens (primary N) is 1. The third kappa shape index (κ3) is 2.74. The Kier molecular flexibility index (Phi) is 4.12. The molecule has 0 spiro atoms. The molecular formula is C15H17N3S. The Morgan fingerprint density at radius 2 is 2.05 bits per heavy atom. The average Bonchev–Trinajstić information content (AvgIpc) is 2.43. The van der Waals surface area contributed by atoms with Crippen molar-refractivity contribution in [2.75, 3.05) is 11.4 Å². The van der Waals surface area contributed by atoms with E-state index in [4.69, 9.17) is 11.1 Å². The van der Waals surface area contributed by atoms with Gasteiger partial charge in [0.25, 0.3) is 0 Å². The minimum absolute atomic E-state index is 0.194. The van der Waals surface area contributed by atoms with Crippen molar-refractivity contribution in [2.24, 2.45) is 5.73 Å². The van der Waals surface area contributed by atoms with Gasteiger partial charge >= 0.3 is 0 Å². The summed E-state index contributed by atoms with van der Waals surface area (Å²) in [5.74, 6) is 0.194. The molecule has 0 saturated carbocycles. The zero-order valence-electron chi connectivity index (χ0n) is 10.7. The van der Waals surface area contributed by atoms with Crippen LogP contribution >= 0.6 is 11.8 Å². The van der Waals surface area contributed by atoms with Crippen LogP contribution in [0.5, 0.6) is 0 Å². The molecule has 0 aromatic heterocycles. The molecule has 1 aromatic carbocycles. The van der Waals surface area contributed by atoms with E-state index in [1.54, 1.807) is 11.8 Å². The lowest BCUT2D eigenvalue weighted by molar-refractivity contribution is 0.904. The molecular weight excluding hydrogens is 254 g/mol. The topological polar surface area (TPSA) is 53.1 Å². The zero-order chi connectivity index (χ0) is 13.8. The quantitative estimate of drug-likeness (QED) is 0.636. The third-order valence-corrected chi connectivity index (χ3v) is 4.06. The molecule has 0 unspecified atom stereocenters. The largest absolute Gasteiger partial charge is 0.388 e. The van der Waals surface area contributed by atoms with Crippen molar-refractivity contribution in [1.29, 1.82) is 5.41 Å². The van der Waals surface area contributed by atoms with E-state index in [2.05, 4.69) is 30.2 Å². The van der Waals surface area contributed by atoms with Gasteiger partial charge in [0.1, 0.15) is 0 Å². The van der Waals surface area contributed by atoms with Crippen LogP contribution in [-0.2, 0) is 0 Å². The fourth-order valence-corrected chi connectivity index (χ4v) is 3.08. The van der Waals surface area contributed by atoms with Crippen LogP contribution in [0.4, 0.5) is 5.69 Å². The number of anilines is 1. The molecule has 1 aliphatic rings. The molecule has 3 nitrogen and oxygen atoms in total. The van der Waals surface area contributed by atoms with Crippen LogP contribution in [0.3, 0.4) is 0 Å². The lowest BCUT2D eigenvalue weighted by Crippen LogP contribution is -2.29. The first-order valence-electron chi connectivity index (χ1n) is 6.04. The third-order valence-electron chi connectivity index (χ3n) is 2.90. The Bertz CT molecular complexity index is 560. The Morgan fingerprint density at radius 1 is 1.32 bits per heavy atom. The monoisotopic (exact) mass is 271 g/mol. The number of allylic oxidation sites excluding steroid dienone is 2. The first-order chi connectivity index (χ1) is 9.17. The number of fused-ring (bicyclic) bond motifs is 1. The summed E-state index contributed by atoms with van der Waals surface area (Å²) in [7, 11) is 0. The molecule has 1 aliphatic heterocycles. The van der Waals surface area contributed by atoms with Gasteiger partial charge in [0.2, 0.25) is 0 Å². The van der Waals surface area contributed by atoms with Crippen LogP contribution in [0.1, 0.15) is 6.42 Å². The Labute approximate surface area is 118 Å². The maximum absolute atomic E-state index is 7.40. The number of amidine groups is 1. The maximum Gasteiger partial charge on any atom is 0.0923 e. The number of hydrogen-bond acceptors (Lipinski definition) is 3. The molecule has 0 atom stereocenters. The fraction of sp³-hybridized carbons (Fsp3) is 0.133. The predicted octanol–water partition coefficient (Wildman–Crippen LogP) is 3.51. The molecule has 4 heteroatoms. The summed E-state index contributed by atoms with van der Waals surface area (Å²) in [5, 5.41) is 7.40. The van der Waals surface area contributed by atoms with Gasteiger partial charge in [0.05, 0.1) is 17.2 Å². The van der Waals surface area contributed by atoms with E-state index in [1.807, 2.05) is 24.3 Å².